The molecule has 1 aliphatic carbocycles. The summed E-state index contributed by atoms with van der Waals surface area (Å²) in [6.45, 7) is 0. The third kappa shape index (κ3) is 1.20. The maximum Gasteiger partial charge on any atom is 0.337 e. The maximum atomic E-state index is 11.0. The normalized spacial score (nSPS) is 25.1. The van der Waals surface area contributed by atoms with Crippen LogP contribution in [0.25, 0.3) is 0 Å². The second-order valence-corrected chi connectivity index (χ2v) is 3.83. The van der Waals surface area contributed by atoms with Crippen molar-refractivity contribution in [2.24, 2.45) is 0 Å². The van der Waals surface area contributed by atoms with Crippen LogP contribution in [0.4, 0.5) is 0 Å². The lowest BCUT2D eigenvalue weighted by molar-refractivity contribution is -0.132. The average Bonchev–Trinajstić information content (AvgIpc) is 2.29. The number of aliphatic carboxylic acids is 1. The summed E-state index contributed by atoms with van der Waals surface area (Å²) in [6, 6.07) is 0.0955. The van der Waals surface area contributed by atoms with Crippen molar-refractivity contribution in [3.63, 3.8) is 0 Å². The topological polar surface area (TPSA) is 52.6 Å². The molecule has 0 spiro atoms. The van der Waals surface area contributed by atoms with E-state index in [1.165, 1.54) is 0 Å². The van der Waals surface area contributed by atoms with E-state index in [2.05, 4.69) is 5.43 Å². The van der Waals surface area contributed by atoms with Crippen molar-refractivity contribution in [2.75, 3.05) is 0 Å². The Labute approximate surface area is 92.5 Å². The van der Waals surface area contributed by atoms with Gasteiger partial charge >= 0.3 is 5.97 Å². The Balaban J connectivity index is 2.11. The van der Waals surface area contributed by atoms with Crippen LogP contribution in [-0.4, -0.2) is 22.1 Å². The van der Waals surface area contributed by atoms with Gasteiger partial charge in [-0.3, -0.25) is 5.01 Å². The van der Waals surface area contributed by atoms with Gasteiger partial charge in [0.2, 0.25) is 0 Å². The third-order valence-electron chi connectivity index (χ3n) is 2.83. The van der Waals surface area contributed by atoms with Crippen LogP contribution in [-0.2, 0) is 4.79 Å². The molecule has 2 aliphatic heterocycles. The zero-order chi connectivity index (χ0) is 11.1. The second-order valence-electron chi connectivity index (χ2n) is 3.83. The third-order valence-corrected chi connectivity index (χ3v) is 2.83. The number of nitrogens with one attached hydrogen (secondary N) is 1. The fraction of sp³-hybridized carbons (Fsp3) is 0.0833. The minimum atomic E-state index is -0.910. The number of hydrazine groups is 1. The van der Waals surface area contributed by atoms with Crippen molar-refractivity contribution in [1.29, 1.82) is 0 Å². The van der Waals surface area contributed by atoms with Crippen molar-refractivity contribution in [3.05, 3.63) is 59.5 Å². The lowest BCUT2D eigenvalue weighted by Crippen LogP contribution is -2.46. The first kappa shape index (κ1) is 9.03. The Morgan fingerprint density at radius 1 is 1.38 bits per heavy atom. The van der Waals surface area contributed by atoms with Gasteiger partial charge < -0.3 is 10.5 Å². The fourth-order valence-electron chi connectivity index (χ4n) is 2.13. The summed E-state index contributed by atoms with van der Waals surface area (Å²) >= 11 is 0. The zero-order valence-electron chi connectivity index (χ0n) is 8.42. The molecule has 0 bridgehead atoms. The van der Waals surface area contributed by atoms with Crippen molar-refractivity contribution in [2.45, 2.75) is 6.04 Å². The smallest absolute Gasteiger partial charge is 0.337 e. The highest BCUT2D eigenvalue weighted by atomic mass is 16.4. The van der Waals surface area contributed by atoms with Crippen LogP contribution < -0.4 is 5.43 Å². The predicted molar refractivity (Wildman–Crippen MR) is 58.9 cm³/mol. The molecule has 2 N–H and O–H groups in total. The van der Waals surface area contributed by atoms with Crippen molar-refractivity contribution < 1.29 is 9.90 Å². The molecule has 3 rings (SSSR count). The average molecular weight is 214 g/mol. The van der Waals surface area contributed by atoms with Gasteiger partial charge in [-0.05, 0) is 23.3 Å². The lowest BCUT2D eigenvalue weighted by Gasteiger charge is -2.38. The molecule has 4 heteroatoms. The summed E-state index contributed by atoms with van der Waals surface area (Å²) in [6.07, 6.45) is 13.1. The Morgan fingerprint density at radius 2 is 2.25 bits per heavy atom. The van der Waals surface area contributed by atoms with Gasteiger partial charge in [0.1, 0.15) is 0 Å². The van der Waals surface area contributed by atoms with Gasteiger partial charge in [0.05, 0.1) is 11.6 Å². The van der Waals surface area contributed by atoms with Crippen LogP contribution in [0.3, 0.4) is 0 Å². The van der Waals surface area contributed by atoms with E-state index in [0.717, 1.165) is 11.1 Å². The predicted octanol–water partition coefficient (Wildman–Crippen LogP) is 1.09. The van der Waals surface area contributed by atoms with Gasteiger partial charge in [-0.15, -0.1) is 0 Å². The molecular weight excluding hydrogens is 204 g/mol. The monoisotopic (exact) mass is 214 g/mol. The highest BCUT2D eigenvalue weighted by Gasteiger charge is 2.30. The van der Waals surface area contributed by atoms with Crippen LogP contribution in [0.1, 0.15) is 0 Å². The summed E-state index contributed by atoms with van der Waals surface area (Å²) in [5.74, 6) is -0.910. The Kier molecular flexibility index (Phi) is 1.77. The SMILES string of the molecule is O=C(O)C1=CN2NC=CC3=CC=CC(=C1)C32. The molecule has 1 atom stereocenters. The molecule has 0 aromatic carbocycles. The molecule has 0 aromatic rings. The van der Waals surface area contributed by atoms with E-state index in [1.54, 1.807) is 18.5 Å². The number of rotatable bonds is 1. The Bertz CT molecular complexity index is 509. The van der Waals surface area contributed by atoms with E-state index in [0.29, 0.717) is 5.57 Å². The van der Waals surface area contributed by atoms with Crippen molar-refractivity contribution >= 4 is 5.97 Å². The first-order valence-corrected chi connectivity index (χ1v) is 5.02. The van der Waals surface area contributed by atoms with Gasteiger partial charge in [0.15, 0.2) is 0 Å². The zero-order valence-corrected chi connectivity index (χ0v) is 8.42. The van der Waals surface area contributed by atoms with Crippen LogP contribution in [0, 0.1) is 0 Å². The fourth-order valence-corrected chi connectivity index (χ4v) is 2.13. The van der Waals surface area contributed by atoms with Crippen LogP contribution in [0.15, 0.2) is 59.5 Å². The molecule has 1 unspecified atom stereocenters. The second kappa shape index (κ2) is 3.13. The molecule has 0 saturated heterocycles. The molecule has 2 heterocycles. The molecule has 0 saturated carbocycles. The van der Waals surface area contributed by atoms with E-state index in [4.69, 9.17) is 5.11 Å². The molecule has 0 fully saturated rings. The highest BCUT2D eigenvalue weighted by molar-refractivity contribution is 5.90. The van der Waals surface area contributed by atoms with E-state index in [-0.39, 0.29) is 6.04 Å². The molecule has 80 valence electrons. The van der Waals surface area contributed by atoms with Gasteiger partial charge in [0, 0.05) is 12.4 Å². The van der Waals surface area contributed by atoms with Gasteiger partial charge in [-0.25, -0.2) is 4.79 Å². The van der Waals surface area contributed by atoms with E-state index in [9.17, 15) is 4.79 Å². The van der Waals surface area contributed by atoms with Gasteiger partial charge in [-0.2, -0.15) is 0 Å². The van der Waals surface area contributed by atoms with Crippen molar-refractivity contribution in [3.8, 4) is 0 Å². The maximum absolute atomic E-state index is 11.0. The number of hydrogen-bond donors (Lipinski definition) is 2. The summed E-state index contributed by atoms with van der Waals surface area (Å²) in [5, 5.41) is 10.8. The van der Waals surface area contributed by atoms with Crippen LogP contribution in [0.5, 0.6) is 0 Å². The number of carbonyl (C=O) groups is 1. The Morgan fingerprint density at radius 3 is 3.06 bits per heavy atom. The van der Waals surface area contributed by atoms with E-state index >= 15 is 0 Å². The largest absolute Gasteiger partial charge is 0.478 e. The summed E-state index contributed by atoms with van der Waals surface area (Å²) in [4.78, 5) is 11.0. The minimum absolute atomic E-state index is 0.0955. The number of carboxylic acids is 1. The number of carboxylic acid groups (broad SMARTS) is 1. The molecule has 16 heavy (non-hydrogen) atoms. The number of allylic oxidation sites excluding steroid dienone is 2. The summed E-state index contributed by atoms with van der Waals surface area (Å²) in [5.41, 5.74) is 5.48. The Hall–Kier alpha value is -2.23. The molecule has 0 amide bonds. The van der Waals surface area contributed by atoms with Gasteiger partial charge in [0.25, 0.3) is 0 Å². The minimum Gasteiger partial charge on any atom is -0.478 e. The number of nitrogens with zero attached hydrogens (tertiary/aromatic N) is 1. The standard InChI is InChI=1S/C12H10N2O2/c15-12(16)10-6-9-3-1-2-8-4-5-13-14(7-10)11(8)9/h1-7,11,13H,(H,15,16). The van der Waals surface area contributed by atoms with Crippen LogP contribution >= 0.6 is 0 Å². The molecule has 3 aliphatic rings. The highest BCUT2D eigenvalue weighted by Crippen LogP contribution is 2.31. The lowest BCUT2D eigenvalue weighted by atomic mass is 9.89. The molecular formula is C12H10N2O2. The summed E-state index contributed by atoms with van der Waals surface area (Å²) < 4.78 is 0. The van der Waals surface area contributed by atoms with Crippen molar-refractivity contribution in [1.82, 2.24) is 10.4 Å². The molecule has 4 nitrogen and oxygen atoms in total. The quantitative estimate of drug-likeness (QED) is 0.686. The summed E-state index contributed by atoms with van der Waals surface area (Å²) in [7, 11) is 0. The first-order chi connectivity index (χ1) is 7.75. The van der Waals surface area contributed by atoms with Crippen LogP contribution in [0.2, 0.25) is 0 Å². The molecule has 0 aromatic heterocycles. The molecule has 0 radical (unpaired) electrons. The number of hydrogen-bond acceptors (Lipinski definition) is 3. The van der Waals surface area contributed by atoms with E-state index < -0.39 is 5.97 Å². The van der Waals surface area contributed by atoms with Gasteiger partial charge in [-0.1, -0.05) is 18.2 Å². The van der Waals surface area contributed by atoms with E-state index in [1.807, 2.05) is 29.3 Å². The first-order valence-electron chi connectivity index (χ1n) is 5.02.